The van der Waals surface area contributed by atoms with Crippen molar-refractivity contribution in [2.45, 2.75) is 6.92 Å². The lowest BCUT2D eigenvalue weighted by Crippen LogP contribution is -1.91. The zero-order valence-electron chi connectivity index (χ0n) is 7.19. The molecule has 13 heavy (non-hydrogen) atoms. The van der Waals surface area contributed by atoms with E-state index in [2.05, 4.69) is 19.4 Å². The summed E-state index contributed by atoms with van der Waals surface area (Å²) in [6.07, 6.45) is 0. The van der Waals surface area contributed by atoms with Gasteiger partial charge >= 0.3 is 0 Å². The molecule has 0 radical (unpaired) electrons. The number of aryl methyl sites for hydroxylation is 1. The number of aromatic nitrogens is 2. The Morgan fingerprint density at radius 1 is 1.15 bits per heavy atom. The van der Waals surface area contributed by atoms with Gasteiger partial charge in [0.25, 0.3) is 0 Å². The van der Waals surface area contributed by atoms with E-state index in [-0.39, 0.29) is 0 Å². The third-order valence-electron chi connectivity index (χ3n) is 1.81. The number of nitrogens with zero attached hydrogens (tertiary/aromatic N) is 2. The smallest absolute Gasteiger partial charge is 0.238 e. The summed E-state index contributed by atoms with van der Waals surface area (Å²) in [6.45, 7) is 1.87. The lowest BCUT2D eigenvalue weighted by Gasteiger charge is -2.03. The average Bonchev–Trinajstić information content (AvgIpc) is 2.17. The molecule has 0 aliphatic heterocycles. The lowest BCUT2D eigenvalue weighted by molar-refractivity contribution is 0.607. The van der Waals surface area contributed by atoms with Crippen molar-refractivity contribution in [1.82, 2.24) is 9.97 Å². The van der Waals surface area contributed by atoms with Gasteiger partial charge in [-0.15, -0.1) is 0 Å². The molecule has 66 valence electrons. The van der Waals surface area contributed by atoms with Crippen molar-refractivity contribution in [3.05, 3.63) is 30.0 Å². The minimum Gasteiger partial charge on any atom is -0.462 e. The first-order valence-corrected chi connectivity index (χ1v) is 4.38. The van der Waals surface area contributed by atoms with E-state index in [1.807, 2.05) is 31.2 Å². The number of fused-ring (bicyclic) bond motifs is 1. The van der Waals surface area contributed by atoms with Gasteiger partial charge in [0.15, 0.2) is 0 Å². The standard InChI is InChI=1S/C9H9N2OP/c1-6-9(12-13)11-8-5-3-2-4-7(8)10-6/h2-5H,13H2,1H3. The van der Waals surface area contributed by atoms with Gasteiger partial charge in [0.05, 0.1) is 20.5 Å². The average molecular weight is 192 g/mol. The second-order valence-corrected chi connectivity index (χ2v) is 2.96. The summed E-state index contributed by atoms with van der Waals surface area (Å²) in [5.41, 5.74) is 2.55. The molecule has 0 aliphatic rings. The lowest BCUT2D eigenvalue weighted by atomic mass is 10.3. The summed E-state index contributed by atoms with van der Waals surface area (Å²) >= 11 is 0. The van der Waals surface area contributed by atoms with Crippen LogP contribution >= 0.6 is 9.47 Å². The summed E-state index contributed by atoms with van der Waals surface area (Å²) in [7, 11) is 2.18. The van der Waals surface area contributed by atoms with Crippen molar-refractivity contribution in [2.75, 3.05) is 0 Å². The number of hydrogen-bond acceptors (Lipinski definition) is 3. The van der Waals surface area contributed by atoms with Crippen LogP contribution in [0, 0.1) is 6.92 Å². The molecule has 1 aromatic carbocycles. The Morgan fingerprint density at radius 2 is 1.77 bits per heavy atom. The first kappa shape index (κ1) is 8.39. The van der Waals surface area contributed by atoms with Gasteiger partial charge < -0.3 is 4.52 Å². The molecule has 0 aliphatic carbocycles. The quantitative estimate of drug-likeness (QED) is 0.649. The second-order valence-electron chi connectivity index (χ2n) is 2.72. The van der Waals surface area contributed by atoms with Crippen LogP contribution in [0.3, 0.4) is 0 Å². The van der Waals surface area contributed by atoms with E-state index < -0.39 is 0 Å². The number of benzene rings is 1. The molecule has 1 aromatic heterocycles. The first-order chi connectivity index (χ1) is 6.31. The van der Waals surface area contributed by atoms with Crippen molar-refractivity contribution in [1.29, 1.82) is 0 Å². The predicted octanol–water partition coefficient (Wildman–Crippen LogP) is 2.11. The van der Waals surface area contributed by atoms with Crippen molar-refractivity contribution >= 4 is 20.5 Å². The van der Waals surface area contributed by atoms with Crippen molar-refractivity contribution in [3.8, 4) is 5.88 Å². The summed E-state index contributed by atoms with van der Waals surface area (Å²) < 4.78 is 5.00. The van der Waals surface area contributed by atoms with Crippen molar-refractivity contribution in [2.24, 2.45) is 0 Å². The Morgan fingerprint density at radius 3 is 2.38 bits per heavy atom. The van der Waals surface area contributed by atoms with Crippen LogP contribution in [0.1, 0.15) is 5.69 Å². The maximum Gasteiger partial charge on any atom is 0.238 e. The van der Waals surface area contributed by atoms with E-state index in [1.165, 1.54) is 0 Å². The molecule has 1 heterocycles. The van der Waals surface area contributed by atoms with Gasteiger partial charge in [-0.25, -0.2) is 9.97 Å². The molecule has 3 nitrogen and oxygen atoms in total. The van der Waals surface area contributed by atoms with Gasteiger partial charge in [-0.3, -0.25) is 0 Å². The van der Waals surface area contributed by atoms with Crippen LogP contribution in [0.15, 0.2) is 24.3 Å². The highest BCUT2D eigenvalue weighted by molar-refractivity contribution is 7.10. The summed E-state index contributed by atoms with van der Waals surface area (Å²) in [5.74, 6) is 0.559. The molecule has 0 spiro atoms. The Labute approximate surface area is 78.4 Å². The minimum absolute atomic E-state index is 0.559. The van der Waals surface area contributed by atoms with Gasteiger partial charge in [0, 0.05) is 0 Å². The molecule has 1 atom stereocenters. The molecule has 2 aromatic rings. The second kappa shape index (κ2) is 3.27. The topological polar surface area (TPSA) is 35.0 Å². The first-order valence-electron chi connectivity index (χ1n) is 3.91. The van der Waals surface area contributed by atoms with Crippen LogP contribution in [-0.2, 0) is 0 Å². The largest absolute Gasteiger partial charge is 0.462 e. The maximum absolute atomic E-state index is 5.00. The maximum atomic E-state index is 5.00. The molecular formula is C9H9N2OP. The third-order valence-corrected chi connectivity index (χ3v) is 2.04. The molecule has 0 fully saturated rings. The van der Waals surface area contributed by atoms with Crippen LogP contribution in [0.2, 0.25) is 0 Å². The van der Waals surface area contributed by atoms with Crippen molar-refractivity contribution < 1.29 is 4.52 Å². The molecule has 2 rings (SSSR count). The Bertz CT molecular complexity index is 445. The van der Waals surface area contributed by atoms with Gasteiger partial charge in [-0.1, -0.05) is 12.1 Å². The highest BCUT2D eigenvalue weighted by Gasteiger charge is 2.03. The predicted molar refractivity (Wildman–Crippen MR) is 54.6 cm³/mol. The summed E-state index contributed by atoms with van der Waals surface area (Å²) in [4.78, 5) is 8.63. The molecule has 1 unspecified atom stereocenters. The van der Waals surface area contributed by atoms with Gasteiger partial charge in [-0.2, -0.15) is 0 Å². The van der Waals surface area contributed by atoms with E-state index in [1.54, 1.807) is 0 Å². The SMILES string of the molecule is Cc1nc2ccccc2nc1OP. The van der Waals surface area contributed by atoms with E-state index in [0.29, 0.717) is 5.88 Å². The number of hydrogen-bond donors (Lipinski definition) is 0. The Balaban J connectivity index is 2.74. The van der Waals surface area contributed by atoms with E-state index in [4.69, 9.17) is 4.52 Å². The van der Waals surface area contributed by atoms with Crippen LogP contribution in [0.4, 0.5) is 0 Å². The fourth-order valence-electron chi connectivity index (χ4n) is 1.18. The third kappa shape index (κ3) is 1.47. The molecule has 0 saturated carbocycles. The zero-order chi connectivity index (χ0) is 9.26. The Hall–Kier alpha value is -1.21. The summed E-state index contributed by atoms with van der Waals surface area (Å²) in [6, 6.07) is 7.72. The fraction of sp³-hybridized carbons (Fsp3) is 0.111. The molecule has 0 saturated heterocycles. The molecular weight excluding hydrogens is 183 g/mol. The van der Waals surface area contributed by atoms with E-state index >= 15 is 0 Å². The Kier molecular flexibility index (Phi) is 2.11. The van der Waals surface area contributed by atoms with Crippen LogP contribution < -0.4 is 4.52 Å². The zero-order valence-corrected chi connectivity index (χ0v) is 8.34. The normalized spacial score (nSPS) is 10.3. The van der Waals surface area contributed by atoms with Crippen LogP contribution in [0.25, 0.3) is 11.0 Å². The van der Waals surface area contributed by atoms with Crippen LogP contribution in [0.5, 0.6) is 5.88 Å². The highest BCUT2D eigenvalue weighted by atomic mass is 31.0. The molecule has 0 N–H and O–H groups in total. The number of rotatable bonds is 1. The molecule has 0 amide bonds. The van der Waals surface area contributed by atoms with Gasteiger partial charge in [-0.05, 0) is 19.1 Å². The number of para-hydroxylation sites is 2. The van der Waals surface area contributed by atoms with Crippen LogP contribution in [-0.4, -0.2) is 9.97 Å². The summed E-state index contributed by atoms with van der Waals surface area (Å²) in [5, 5.41) is 0. The van der Waals surface area contributed by atoms with Crippen molar-refractivity contribution in [3.63, 3.8) is 0 Å². The highest BCUT2D eigenvalue weighted by Crippen LogP contribution is 2.18. The fourth-order valence-corrected chi connectivity index (χ4v) is 1.41. The van der Waals surface area contributed by atoms with Gasteiger partial charge in [0.1, 0.15) is 5.69 Å². The monoisotopic (exact) mass is 192 g/mol. The molecule has 0 bridgehead atoms. The minimum atomic E-state index is 0.559. The molecule has 4 heteroatoms. The van der Waals surface area contributed by atoms with E-state index in [0.717, 1.165) is 16.7 Å². The van der Waals surface area contributed by atoms with E-state index in [9.17, 15) is 0 Å². The van der Waals surface area contributed by atoms with Gasteiger partial charge in [0.2, 0.25) is 5.88 Å².